The molecule has 1 aromatic carbocycles. The second-order valence-electron chi connectivity index (χ2n) is 4.85. The van der Waals surface area contributed by atoms with Gasteiger partial charge in [0.15, 0.2) is 0 Å². The third-order valence-corrected chi connectivity index (χ3v) is 3.06. The molecule has 0 amide bonds. The van der Waals surface area contributed by atoms with Crippen LogP contribution in [0.4, 0.5) is 17.6 Å². The normalized spacial score (nSPS) is 11.8. The van der Waals surface area contributed by atoms with E-state index in [1.54, 1.807) is 6.07 Å². The monoisotopic (exact) mass is 342 g/mol. The molecule has 2 rings (SSSR count). The van der Waals surface area contributed by atoms with Crippen LogP contribution in [0.25, 0.3) is 0 Å². The number of alkyl halides is 3. The molecule has 0 atom stereocenters. The minimum atomic E-state index is -4.47. The summed E-state index contributed by atoms with van der Waals surface area (Å²) in [5.74, 6) is -0.240. The number of hydrogen-bond donors (Lipinski definition) is 0. The average Bonchev–Trinajstić information content (AvgIpc) is 2.51. The van der Waals surface area contributed by atoms with Gasteiger partial charge in [-0.15, -0.1) is 0 Å². The summed E-state index contributed by atoms with van der Waals surface area (Å²) in [6, 6.07) is 6.06. The van der Waals surface area contributed by atoms with Gasteiger partial charge in [-0.3, -0.25) is 4.98 Å². The summed E-state index contributed by atoms with van der Waals surface area (Å²) in [6.07, 6.45) is -3.44. The van der Waals surface area contributed by atoms with Crippen molar-refractivity contribution in [1.29, 1.82) is 0 Å². The van der Waals surface area contributed by atoms with Gasteiger partial charge in [-0.05, 0) is 31.2 Å². The minimum Gasteiger partial charge on any atom is -0.496 e. The fourth-order valence-electron chi connectivity index (χ4n) is 1.99. The van der Waals surface area contributed by atoms with Crippen LogP contribution >= 0.6 is 0 Å². The Labute approximate surface area is 135 Å². The lowest BCUT2D eigenvalue weighted by Gasteiger charge is -2.08. The summed E-state index contributed by atoms with van der Waals surface area (Å²) < 4.78 is 56.9. The Bertz CT molecular complexity index is 745. The van der Waals surface area contributed by atoms with E-state index in [2.05, 4.69) is 10.1 Å². The van der Waals surface area contributed by atoms with Crippen LogP contribution in [-0.2, 0) is 17.6 Å². The summed E-state index contributed by atoms with van der Waals surface area (Å²) in [7, 11) is 1.39. The highest BCUT2D eigenvalue weighted by Crippen LogP contribution is 2.29. The zero-order valence-electron chi connectivity index (χ0n) is 12.9. The number of ether oxygens (including phenoxy) is 1. The van der Waals surface area contributed by atoms with Gasteiger partial charge in [0.05, 0.1) is 30.1 Å². The second kappa shape index (κ2) is 7.29. The Morgan fingerprint density at radius 1 is 1.25 bits per heavy atom. The predicted molar refractivity (Wildman–Crippen MR) is 79.3 cm³/mol. The van der Waals surface area contributed by atoms with Gasteiger partial charge in [-0.1, -0.05) is 11.2 Å². The molecule has 0 N–H and O–H groups in total. The quantitative estimate of drug-likeness (QED) is 0.467. The van der Waals surface area contributed by atoms with Gasteiger partial charge in [-0.2, -0.15) is 13.2 Å². The highest BCUT2D eigenvalue weighted by Gasteiger charge is 2.31. The van der Waals surface area contributed by atoms with Gasteiger partial charge in [0.25, 0.3) is 0 Å². The maximum atomic E-state index is 13.7. The van der Waals surface area contributed by atoms with Crippen molar-refractivity contribution in [3.63, 3.8) is 0 Å². The Morgan fingerprint density at radius 3 is 2.67 bits per heavy atom. The van der Waals surface area contributed by atoms with E-state index >= 15 is 0 Å². The first kappa shape index (κ1) is 17.7. The van der Waals surface area contributed by atoms with Crippen molar-refractivity contribution in [2.75, 3.05) is 7.11 Å². The van der Waals surface area contributed by atoms with Crippen LogP contribution in [0.1, 0.15) is 22.5 Å². The van der Waals surface area contributed by atoms with Gasteiger partial charge >= 0.3 is 6.18 Å². The highest BCUT2D eigenvalue weighted by molar-refractivity contribution is 5.76. The Balaban J connectivity index is 2.09. The number of rotatable bonds is 5. The summed E-state index contributed by atoms with van der Waals surface area (Å²) in [6.45, 7) is 1.21. The van der Waals surface area contributed by atoms with Gasteiger partial charge in [-0.25, -0.2) is 4.39 Å². The molecule has 2 aromatic rings. The van der Waals surface area contributed by atoms with E-state index in [4.69, 9.17) is 9.57 Å². The zero-order valence-corrected chi connectivity index (χ0v) is 12.9. The number of hydrogen-bond acceptors (Lipinski definition) is 4. The smallest absolute Gasteiger partial charge is 0.416 e. The Hall–Kier alpha value is -2.64. The zero-order chi connectivity index (χ0) is 17.7. The molecule has 0 saturated carbocycles. The molecule has 1 heterocycles. The molecule has 4 nitrogen and oxygen atoms in total. The summed E-state index contributed by atoms with van der Waals surface area (Å²) >= 11 is 0. The lowest BCUT2D eigenvalue weighted by atomic mass is 10.2. The van der Waals surface area contributed by atoms with Crippen molar-refractivity contribution < 1.29 is 27.1 Å². The number of methoxy groups -OCH3 is 1. The van der Waals surface area contributed by atoms with E-state index in [-0.39, 0.29) is 23.6 Å². The van der Waals surface area contributed by atoms with Crippen LogP contribution in [-0.4, -0.2) is 18.3 Å². The van der Waals surface area contributed by atoms with Gasteiger partial charge in [0.2, 0.25) is 0 Å². The number of nitrogens with zero attached hydrogens (tertiary/aromatic N) is 2. The number of aromatic nitrogens is 1. The molecule has 0 unspecified atom stereocenters. The van der Waals surface area contributed by atoms with Crippen molar-refractivity contribution in [2.24, 2.45) is 5.16 Å². The molecular weight excluding hydrogens is 328 g/mol. The first-order chi connectivity index (χ1) is 11.3. The highest BCUT2D eigenvalue weighted by atomic mass is 19.4. The molecule has 0 aliphatic heterocycles. The third kappa shape index (κ3) is 4.43. The summed E-state index contributed by atoms with van der Waals surface area (Å²) in [5.41, 5.74) is -0.484. The molecule has 1 aromatic heterocycles. The van der Waals surface area contributed by atoms with Gasteiger partial charge in [0, 0.05) is 5.69 Å². The van der Waals surface area contributed by atoms with E-state index in [1.165, 1.54) is 26.2 Å². The number of halogens is 4. The first-order valence-electron chi connectivity index (χ1n) is 6.84. The molecular formula is C16H14F4N2O2. The molecule has 0 aliphatic carbocycles. The van der Waals surface area contributed by atoms with Crippen molar-refractivity contribution >= 4 is 6.21 Å². The minimum absolute atomic E-state index is 0.0113. The van der Waals surface area contributed by atoms with Crippen LogP contribution in [0.2, 0.25) is 0 Å². The molecule has 24 heavy (non-hydrogen) atoms. The topological polar surface area (TPSA) is 43.7 Å². The summed E-state index contributed by atoms with van der Waals surface area (Å²) in [5, 5.41) is 3.54. The molecule has 0 saturated heterocycles. The van der Waals surface area contributed by atoms with Gasteiger partial charge in [0.1, 0.15) is 18.2 Å². The van der Waals surface area contributed by atoms with Crippen LogP contribution in [0.15, 0.2) is 35.5 Å². The molecule has 0 fully saturated rings. The number of oxime groups is 1. The fourth-order valence-corrected chi connectivity index (χ4v) is 1.99. The largest absolute Gasteiger partial charge is 0.496 e. The van der Waals surface area contributed by atoms with Crippen LogP contribution < -0.4 is 4.74 Å². The third-order valence-electron chi connectivity index (χ3n) is 3.06. The van der Waals surface area contributed by atoms with Crippen molar-refractivity contribution in [1.82, 2.24) is 4.98 Å². The van der Waals surface area contributed by atoms with E-state index in [0.29, 0.717) is 5.75 Å². The van der Waals surface area contributed by atoms with E-state index in [9.17, 15) is 17.6 Å². The molecule has 0 radical (unpaired) electrons. The number of aryl methyl sites for hydroxylation is 1. The average molecular weight is 342 g/mol. The lowest BCUT2D eigenvalue weighted by molar-refractivity contribution is -0.137. The fraction of sp³-hybridized carbons (Fsp3) is 0.250. The molecule has 0 aliphatic rings. The lowest BCUT2D eigenvalue weighted by Crippen LogP contribution is -2.07. The SMILES string of the molecule is COc1cccc(F)c1CON=Cc1cc(C(F)(F)F)cc(C)n1. The van der Waals surface area contributed by atoms with Crippen molar-refractivity contribution in [2.45, 2.75) is 19.7 Å². The standard InChI is InChI=1S/C16H14F4N2O2/c1-10-6-11(16(18,19)20)7-12(22-10)8-21-24-9-13-14(17)4-3-5-15(13)23-2/h3-8H,9H2,1-2H3. The second-order valence-corrected chi connectivity index (χ2v) is 4.85. The molecule has 128 valence electrons. The predicted octanol–water partition coefficient (Wildman–Crippen LogP) is 4.11. The van der Waals surface area contributed by atoms with Crippen LogP contribution in [0, 0.1) is 12.7 Å². The van der Waals surface area contributed by atoms with Crippen LogP contribution in [0.5, 0.6) is 5.75 Å². The summed E-state index contributed by atoms with van der Waals surface area (Å²) in [4.78, 5) is 8.86. The Morgan fingerprint density at radius 2 is 2.00 bits per heavy atom. The maximum absolute atomic E-state index is 13.7. The Kier molecular flexibility index (Phi) is 5.38. The molecule has 8 heteroatoms. The van der Waals surface area contributed by atoms with E-state index < -0.39 is 17.6 Å². The van der Waals surface area contributed by atoms with Gasteiger partial charge < -0.3 is 9.57 Å². The number of benzene rings is 1. The van der Waals surface area contributed by atoms with Crippen molar-refractivity contribution in [3.05, 3.63) is 58.7 Å². The van der Waals surface area contributed by atoms with Crippen molar-refractivity contribution in [3.8, 4) is 5.75 Å². The maximum Gasteiger partial charge on any atom is 0.416 e. The number of pyridine rings is 1. The van der Waals surface area contributed by atoms with Crippen LogP contribution in [0.3, 0.4) is 0 Å². The molecule has 0 bridgehead atoms. The van der Waals surface area contributed by atoms with E-state index in [0.717, 1.165) is 18.3 Å². The molecule has 0 spiro atoms. The first-order valence-corrected chi connectivity index (χ1v) is 6.84. The van der Waals surface area contributed by atoms with E-state index in [1.807, 2.05) is 0 Å².